The van der Waals surface area contributed by atoms with Gasteiger partial charge in [0.2, 0.25) is 0 Å². The van der Waals surface area contributed by atoms with Gasteiger partial charge in [0.25, 0.3) is 0 Å². The second-order valence-corrected chi connectivity index (χ2v) is 4.08. The van der Waals surface area contributed by atoms with Crippen LogP contribution in [0.5, 0.6) is 5.75 Å². The molecule has 0 aliphatic heterocycles. The molecule has 2 aromatic rings. The lowest BCUT2D eigenvalue weighted by Gasteiger charge is -2.08. The number of aliphatic hydroxyl groups excluding tert-OH is 1. The number of hydrogen-bond acceptors (Lipinski definition) is 3. The second-order valence-electron chi connectivity index (χ2n) is 4.08. The number of nitrogens with zero attached hydrogens (tertiary/aromatic N) is 1. The highest BCUT2D eigenvalue weighted by Gasteiger charge is 2.07. The van der Waals surface area contributed by atoms with Crippen molar-refractivity contribution < 1.29 is 14.6 Å². The third-order valence-corrected chi connectivity index (χ3v) is 2.88. The van der Waals surface area contributed by atoms with Gasteiger partial charge in [-0.2, -0.15) is 0 Å². The van der Waals surface area contributed by atoms with Crippen molar-refractivity contribution in [2.24, 2.45) is 0 Å². The average Bonchev–Trinajstić information content (AvgIpc) is 2.38. The van der Waals surface area contributed by atoms with Crippen molar-refractivity contribution in [2.75, 3.05) is 0 Å². The Balaban J connectivity index is 2.10. The molecule has 1 heterocycles. The zero-order valence-corrected chi connectivity index (χ0v) is 9.81. The van der Waals surface area contributed by atoms with E-state index in [1.807, 2.05) is 0 Å². The summed E-state index contributed by atoms with van der Waals surface area (Å²) in [6, 6.07) is 6.29. The Morgan fingerprint density at radius 1 is 1.06 bits per heavy atom. The van der Waals surface area contributed by atoms with Gasteiger partial charge in [0.15, 0.2) is 0 Å². The SMILES string of the molecule is OCc1c(O)cncc1CCc1ccc(F)cc1. The summed E-state index contributed by atoms with van der Waals surface area (Å²) in [6.07, 6.45) is 4.29. The molecule has 3 nitrogen and oxygen atoms in total. The maximum atomic E-state index is 12.7. The lowest BCUT2D eigenvalue weighted by molar-refractivity contribution is 0.274. The molecule has 0 bridgehead atoms. The van der Waals surface area contributed by atoms with Gasteiger partial charge in [0.05, 0.1) is 12.8 Å². The maximum Gasteiger partial charge on any atom is 0.139 e. The fraction of sp³-hybridized carbons (Fsp3) is 0.214. The Morgan fingerprint density at radius 2 is 1.78 bits per heavy atom. The standard InChI is InChI=1S/C14H14FNO2/c15-12-5-2-10(3-6-12)1-4-11-7-16-8-14(18)13(11)9-17/h2-3,5-8,17-18H,1,4,9H2. The summed E-state index contributed by atoms with van der Waals surface area (Å²) < 4.78 is 12.7. The van der Waals surface area contributed by atoms with Crippen LogP contribution < -0.4 is 0 Å². The Morgan fingerprint density at radius 3 is 2.44 bits per heavy atom. The summed E-state index contributed by atoms with van der Waals surface area (Å²) in [4.78, 5) is 3.90. The van der Waals surface area contributed by atoms with E-state index in [1.165, 1.54) is 18.3 Å². The molecule has 0 aliphatic carbocycles. The largest absolute Gasteiger partial charge is 0.506 e. The molecule has 0 atom stereocenters. The zero-order valence-electron chi connectivity index (χ0n) is 9.81. The quantitative estimate of drug-likeness (QED) is 0.870. The number of pyridine rings is 1. The van der Waals surface area contributed by atoms with E-state index in [0.29, 0.717) is 18.4 Å². The first-order chi connectivity index (χ1) is 8.70. The van der Waals surface area contributed by atoms with Crippen LogP contribution in [0.25, 0.3) is 0 Å². The molecule has 0 unspecified atom stereocenters. The van der Waals surface area contributed by atoms with E-state index in [0.717, 1.165) is 11.1 Å². The first-order valence-corrected chi connectivity index (χ1v) is 5.70. The van der Waals surface area contributed by atoms with Crippen LogP contribution in [0.3, 0.4) is 0 Å². The minimum absolute atomic E-state index is 0.00843. The fourth-order valence-electron chi connectivity index (χ4n) is 1.85. The Hall–Kier alpha value is -1.94. The Bertz CT molecular complexity index is 526. The molecular weight excluding hydrogens is 233 g/mol. The van der Waals surface area contributed by atoms with Gasteiger partial charge in [-0.05, 0) is 36.1 Å². The van der Waals surface area contributed by atoms with Crippen molar-refractivity contribution in [2.45, 2.75) is 19.4 Å². The molecule has 0 radical (unpaired) electrons. The van der Waals surface area contributed by atoms with Crippen molar-refractivity contribution in [1.29, 1.82) is 0 Å². The van der Waals surface area contributed by atoms with E-state index >= 15 is 0 Å². The molecule has 2 N–H and O–H groups in total. The molecule has 18 heavy (non-hydrogen) atoms. The summed E-state index contributed by atoms with van der Waals surface area (Å²) in [7, 11) is 0. The van der Waals surface area contributed by atoms with Crippen molar-refractivity contribution in [3.63, 3.8) is 0 Å². The van der Waals surface area contributed by atoms with Gasteiger partial charge < -0.3 is 10.2 Å². The van der Waals surface area contributed by atoms with Crippen LogP contribution in [0.15, 0.2) is 36.7 Å². The number of aromatic nitrogens is 1. The number of aliphatic hydroxyl groups is 1. The number of aromatic hydroxyl groups is 1. The van der Waals surface area contributed by atoms with E-state index in [9.17, 15) is 14.6 Å². The van der Waals surface area contributed by atoms with Gasteiger partial charge >= 0.3 is 0 Å². The molecule has 94 valence electrons. The smallest absolute Gasteiger partial charge is 0.139 e. The highest BCUT2D eigenvalue weighted by atomic mass is 19.1. The molecule has 4 heteroatoms. The van der Waals surface area contributed by atoms with Crippen molar-refractivity contribution >= 4 is 0 Å². The molecule has 2 rings (SSSR count). The van der Waals surface area contributed by atoms with Crippen LogP contribution in [0, 0.1) is 5.82 Å². The summed E-state index contributed by atoms with van der Waals surface area (Å²) in [5.74, 6) is -0.247. The van der Waals surface area contributed by atoms with Gasteiger partial charge in [-0.1, -0.05) is 12.1 Å². The monoisotopic (exact) mass is 247 g/mol. The first kappa shape index (κ1) is 12.5. The predicted molar refractivity (Wildman–Crippen MR) is 65.6 cm³/mol. The molecule has 0 fully saturated rings. The number of rotatable bonds is 4. The van der Waals surface area contributed by atoms with Gasteiger partial charge in [-0.3, -0.25) is 4.98 Å². The average molecular weight is 247 g/mol. The number of benzene rings is 1. The summed E-state index contributed by atoms with van der Waals surface area (Å²) in [5, 5.41) is 18.7. The number of aryl methyl sites for hydroxylation is 2. The number of halogens is 1. The Kier molecular flexibility index (Phi) is 3.89. The Labute approximate surface area is 105 Å². The van der Waals surface area contributed by atoms with E-state index in [-0.39, 0.29) is 18.2 Å². The van der Waals surface area contributed by atoms with Gasteiger partial charge in [0.1, 0.15) is 11.6 Å². The summed E-state index contributed by atoms with van der Waals surface area (Å²) in [5.41, 5.74) is 2.32. The van der Waals surface area contributed by atoms with Crippen LogP contribution in [-0.4, -0.2) is 15.2 Å². The van der Waals surface area contributed by atoms with Crippen molar-refractivity contribution in [3.8, 4) is 5.75 Å². The lowest BCUT2D eigenvalue weighted by atomic mass is 10.0. The minimum Gasteiger partial charge on any atom is -0.506 e. The van der Waals surface area contributed by atoms with Crippen LogP contribution in [-0.2, 0) is 19.4 Å². The van der Waals surface area contributed by atoms with Crippen LogP contribution in [0.1, 0.15) is 16.7 Å². The summed E-state index contributed by atoms with van der Waals surface area (Å²) in [6.45, 7) is -0.215. The molecule has 1 aromatic carbocycles. The van der Waals surface area contributed by atoms with Crippen LogP contribution in [0.2, 0.25) is 0 Å². The third-order valence-electron chi connectivity index (χ3n) is 2.88. The maximum absolute atomic E-state index is 12.7. The molecule has 0 spiro atoms. The minimum atomic E-state index is -0.256. The highest BCUT2D eigenvalue weighted by Crippen LogP contribution is 2.20. The molecule has 0 saturated carbocycles. The van der Waals surface area contributed by atoms with E-state index in [4.69, 9.17) is 0 Å². The van der Waals surface area contributed by atoms with E-state index in [1.54, 1.807) is 18.3 Å². The number of hydrogen-bond donors (Lipinski definition) is 2. The lowest BCUT2D eigenvalue weighted by Crippen LogP contribution is -1.99. The molecule has 0 aliphatic rings. The molecule has 0 saturated heterocycles. The first-order valence-electron chi connectivity index (χ1n) is 5.70. The molecule has 1 aromatic heterocycles. The van der Waals surface area contributed by atoms with Crippen molar-refractivity contribution in [3.05, 3.63) is 59.2 Å². The van der Waals surface area contributed by atoms with Gasteiger partial charge in [-0.15, -0.1) is 0 Å². The van der Waals surface area contributed by atoms with E-state index < -0.39 is 0 Å². The van der Waals surface area contributed by atoms with Crippen LogP contribution in [0.4, 0.5) is 4.39 Å². The zero-order chi connectivity index (χ0) is 13.0. The normalized spacial score (nSPS) is 10.6. The van der Waals surface area contributed by atoms with Crippen molar-refractivity contribution in [1.82, 2.24) is 4.98 Å². The van der Waals surface area contributed by atoms with Crippen LogP contribution >= 0.6 is 0 Å². The van der Waals surface area contributed by atoms with Gasteiger partial charge in [-0.25, -0.2) is 4.39 Å². The fourth-order valence-corrected chi connectivity index (χ4v) is 1.85. The van der Waals surface area contributed by atoms with Gasteiger partial charge in [0, 0.05) is 11.8 Å². The third kappa shape index (κ3) is 2.84. The molecule has 0 amide bonds. The summed E-state index contributed by atoms with van der Waals surface area (Å²) >= 11 is 0. The predicted octanol–water partition coefficient (Wildman–Crippen LogP) is 2.20. The van der Waals surface area contributed by atoms with E-state index in [2.05, 4.69) is 4.98 Å². The molecular formula is C14H14FNO2. The topological polar surface area (TPSA) is 53.4 Å². The highest BCUT2D eigenvalue weighted by molar-refractivity contribution is 5.36. The second kappa shape index (κ2) is 5.60.